The highest BCUT2D eigenvalue weighted by Crippen LogP contribution is 2.33. The van der Waals surface area contributed by atoms with Crippen molar-refractivity contribution >= 4 is 16.8 Å². The Kier molecular flexibility index (Phi) is 5.17. The van der Waals surface area contributed by atoms with Gasteiger partial charge in [-0.3, -0.25) is 9.78 Å². The first-order valence-electron chi connectivity index (χ1n) is 9.16. The molecule has 3 nitrogen and oxygen atoms in total. The molecule has 0 bridgehead atoms. The molecule has 3 unspecified atom stereocenters. The van der Waals surface area contributed by atoms with Crippen LogP contribution in [0.3, 0.4) is 0 Å². The maximum atomic E-state index is 12.7. The second kappa shape index (κ2) is 7.33. The number of benzene rings is 1. The molecule has 1 saturated carbocycles. The van der Waals surface area contributed by atoms with E-state index in [1.54, 1.807) is 6.20 Å². The average molecular weight is 324 g/mol. The van der Waals surface area contributed by atoms with Crippen LogP contribution in [0.4, 0.5) is 0 Å². The van der Waals surface area contributed by atoms with Crippen molar-refractivity contribution in [3.8, 4) is 0 Å². The van der Waals surface area contributed by atoms with Gasteiger partial charge in [0.25, 0.3) is 0 Å². The maximum Gasteiger partial charge on any atom is 0.224 e. The molecule has 0 spiro atoms. The molecule has 1 aromatic carbocycles. The molecule has 1 aromatic heterocycles. The van der Waals surface area contributed by atoms with Crippen molar-refractivity contribution in [3.63, 3.8) is 0 Å². The molecule has 3 rings (SSSR count). The summed E-state index contributed by atoms with van der Waals surface area (Å²) in [5.41, 5.74) is 1.95. The number of hydrogen-bond acceptors (Lipinski definition) is 2. The molecule has 0 radical (unpaired) electrons. The Bertz CT molecular complexity index is 705. The highest BCUT2D eigenvalue weighted by atomic mass is 16.1. The van der Waals surface area contributed by atoms with Gasteiger partial charge >= 0.3 is 0 Å². The summed E-state index contributed by atoms with van der Waals surface area (Å²) in [6.07, 6.45) is 5.80. The largest absolute Gasteiger partial charge is 0.353 e. The average Bonchev–Trinajstić information content (AvgIpc) is 2.55. The normalized spacial score (nSPS) is 24.2. The van der Waals surface area contributed by atoms with Crippen LogP contribution < -0.4 is 5.32 Å². The summed E-state index contributed by atoms with van der Waals surface area (Å²) in [6.45, 7) is 6.84. The van der Waals surface area contributed by atoms with E-state index in [1.807, 2.05) is 30.3 Å². The number of nitrogens with one attached hydrogen (secondary N) is 1. The van der Waals surface area contributed by atoms with E-state index in [2.05, 4.69) is 31.1 Å². The van der Waals surface area contributed by atoms with E-state index in [0.29, 0.717) is 30.2 Å². The summed E-state index contributed by atoms with van der Waals surface area (Å²) >= 11 is 0. The van der Waals surface area contributed by atoms with Crippen LogP contribution in [0.15, 0.2) is 36.5 Å². The van der Waals surface area contributed by atoms with Crippen molar-refractivity contribution in [2.24, 2.45) is 17.8 Å². The van der Waals surface area contributed by atoms with Gasteiger partial charge in [0, 0.05) is 17.6 Å². The second-order valence-electron chi connectivity index (χ2n) is 7.67. The first-order chi connectivity index (χ1) is 11.5. The lowest BCUT2D eigenvalue weighted by Gasteiger charge is -2.37. The molecule has 2 aromatic rings. The molecule has 1 heterocycles. The van der Waals surface area contributed by atoms with E-state index in [1.165, 1.54) is 12.8 Å². The molecule has 1 fully saturated rings. The van der Waals surface area contributed by atoms with Crippen molar-refractivity contribution < 1.29 is 4.79 Å². The van der Waals surface area contributed by atoms with Gasteiger partial charge in [0.2, 0.25) is 5.91 Å². The van der Waals surface area contributed by atoms with Crippen LogP contribution in [0.25, 0.3) is 10.9 Å². The second-order valence-corrected chi connectivity index (χ2v) is 7.67. The number of nitrogens with zero attached hydrogens (tertiary/aromatic N) is 1. The Morgan fingerprint density at radius 2 is 2.04 bits per heavy atom. The quantitative estimate of drug-likeness (QED) is 0.908. The number of carbonyl (C=O) groups excluding carboxylic acids is 1. The summed E-state index contributed by atoms with van der Waals surface area (Å²) in [4.78, 5) is 17.1. The Hall–Kier alpha value is -1.90. The molecule has 3 heteroatoms. The van der Waals surface area contributed by atoms with E-state index in [4.69, 9.17) is 0 Å². The minimum atomic E-state index is 0.123. The van der Waals surface area contributed by atoms with Gasteiger partial charge in [-0.05, 0) is 42.2 Å². The van der Waals surface area contributed by atoms with Crippen molar-refractivity contribution in [1.82, 2.24) is 10.3 Å². The first kappa shape index (κ1) is 16.9. The van der Waals surface area contributed by atoms with Crippen LogP contribution in [-0.4, -0.2) is 16.9 Å². The molecular formula is C21H28N2O. The van der Waals surface area contributed by atoms with Crippen LogP contribution in [0, 0.1) is 17.8 Å². The summed E-state index contributed by atoms with van der Waals surface area (Å²) < 4.78 is 0. The van der Waals surface area contributed by atoms with E-state index in [-0.39, 0.29) is 5.91 Å². The Morgan fingerprint density at radius 1 is 1.25 bits per heavy atom. The van der Waals surface area contributed by atoms with Gasteiger partial charge in [0.1, 0.15) is 0 Å². The number of para-hydroxylation sites is 1. The van der Waals surface area contributed by atoms with Gasteiger partial charge in [-0.2, -0.15) is 0 Å². The number of carbonyl (C=O) groups is 1. The van der Waals surface area contributed by atoms with E-state index < -0.39 is 0 Å². The van der Waals surface area contributed by atoms with Gasteiger partial charge in [-0.15, -0.1) is 0 Å². The fraction of sp³-hybridized carbons (Fsp3) is 0.524. The zero-order chi connectivity index (χ0) is 17.1. The summed E-state index contributed by atoms with van der Waals surface area (Å²) in [5, 5.41) is 4.42. The molecule has 1 amide bonds. The topological polar surface area (TPSA) is 42.0 Å². The highest BCUT2D eigenvalue weighted by Gasteiger charge is 2.31. The van der Waals surface area contributed by atoms with Crippen LogP contribution in [0.5, 0.6) is 0 Å². The van der Waals surface area contributed by atoms with Crippen LogP contribution in [0.1, 0.15) is 45.6 Å². The van der Waals surface area contributed by atoms with Crippen LogP contribution in [0.2, 0.25) is 0 Å². The molecular weight excluding hydrogens is 296 g/mol. The lowest BCUT2D eigenvalue weighted by atomic mass is 9.74. The van der Waals surface area contributed by atoms with Gasteiger partial charge in [-0.1, -0.05) is 51.5 Å². The first-order valence-corrected chi connectivity index (χ1v) is 9.16. The maximum absolute atomic E-state index is 12.7. The fourth-order valence-electron chi connectivity index (χ4n) is 4.11. The minimum absolute atomic E-state index is 0.123. The smallest absolute Gasteiger partial charge is 0.224 e. The number of fused-ring (bicyclic) bond motifs is 1. The number of aromatic nitrogens is 1. The number of hydrogen-bond donors (Lipinski definition) is 1. The standard InChI is InChI=1S/C21H28N2O/c1-14(2)18-10-9-15(3)12-19(18)23-20(24)13-17-7-4-6-16-8-5-11-22-21(16)17/h4-8,11,14-15,18-19H,9-10,12-13H2,1-3H3,(H,23,24). The summed E-state index contributed by atoms with van der Waals surface area (Å²) in [6, 6.07) is 10.3. The number of rotatable bonds is 4. The monoisotopic (exact) mass is 324 g/mol. The zero-order valence-corrected chi connectivity index (χ0v) is 15.0. The van der Waals surface area contributed by atoms with Gasteiger partial charge in [-0.25, -0.2) is 0 Å². The SMILES string of the molecule is CC1CCC(C(C)C)C(NC(=O)Cc2cccc3cccnc23)C1. The van der Waals surface area contributed by atoms with Crippen molar-refractivity contribution in [2.45, 2.75) is 52.5 Å². The molecule has 1 aliphatic rings. The minimum Gasteiger partial charge on any atom is -0.353 e. The van der Waals surface area contributed by atoms with Crippen molar-refractivity contribution in [2.75, 3.05) is 0 Å². The zero-order valence-electron chi connectivity index (χ0n) is 15.0. The molecule has 1 N–H and O–H groups in total. The van der Waals surface area contributed by atoms with E-state index in [0.717, 1.165) is 22.9 Å². The molecule has 3 atom stereocenters. The van der Waals surface area contributed by atoms with Crippen LogP contribution >= 0.6 is 0 Å². The van der Waals surface area contributed by atoms with Gasteiger partial charge in [0.15, 0.2) is 0 Å². The molecule has 0 saturated heterocycles. The highest BCUT2D eigenvalue weighted by molar-refractivity contribution is 5.87. The van der Waals surface area contributed by atoms with Gasteiger partial charge < -0.3 is 5.32 Å². The Morgan fingerprint density at radius 3 is 2.83 bits per heavy atom. The number of amides is 1. The predicted molar refractivity (Wildman–Crippen MR) is 98.7 cm³/mol. The van der Waals surface area contributed by atoms with E-state index in [9.17, 15) is 4.79 Å². The third-order valence-electron chi connectivity index (χ3n) is 5.44. The van der Waals surface area contributed by atoms with Crippen molar-refractivity contribution in [1.29, 1.82) is 0 Å². The Labute approximate surface area is 144 Å². The summed E-state index contributed by atoms with van der Waals surface area (Å²) in [7, 11) is 0. The van der Waals surface area contributed by atoms with Gasteiger partial charge in [0.05, 0.1) is 11.9 Å². The third-order valence-corrected chi connectivity index (χ3v) is 5.44. The van der Waals surface area contributed by atoms with Crippen molar-refractivity contribution in [3.05, 3.63) is 42.1 Å². The lowest BCUT2D eigenvalue weighted by Crippen LogP contribution is -2.46. The summed E-state index contributed by atoms with van der Waals surface area (Å²) in [5.74, 6) is 2.03. The number of pyridine rings is 1. The molecule has 1 aliphatic carbocycles. The molecule has 0 aliphatic heterocycles. The third kappa shape index (κ3) is 3.77. The molecule has 128 valence electrons. The van der Waals surface area contributed by atoms with Crippen LogP contribution in [-0.2, 0) is 11.2 Å². The molecule has 24 heavy (non-hydrogen) atoms. The predicted octanol–water partition coefficient (Wildman–Crippen LogP) is 4.35. The lowest BCUT2D eigenvalue weighted by molar-refractivity contribution is -0.122. The Balaban J connectivity index is 1.72. The van der Waals surface area contributed by atoms with E-state index >= 15 is 0 Å². The fourth-order valence-corrected chi connectivity index (χ4v) is 4.11.